The van der Waals surface area contributed by atoms with Gasteiger partial charge in [0.25, 0.3) is 0 Å². The van der Waals surface area contributed by atoms with E-state index < -0.39 is 0 Å². The summed E-state index contributed by atoms with van der Waals surface area (Å²) in [6.45, 7) is 2.06. The van der Waals surface area contributed by atoms with Crippen LogP contribution in [0.3, 0.4) is 0 Å². The molecule has 2 rings (SSSR count). The van der Waals surface area contributed by atoms with Crippen LogP contribution in [0.4, 0.5) is 10.1 Å². The first kappa shape index (κ1) is 12.4. The van der Waals surface area contributed by atoms with Crippen molar-refractivity contribution >= 4 is 5.69 Å². The van der Waals surface area contributed by atoms with E-state index in [2.05, 4.69) is 24.4 Å². The number of methoxy groups -OCH3 is 1. The summed E-state index contributed by atoms with van der Waals surface area (Å²) in [5, 5.41) is 3.31. The summed E-state index contributed by atoms with van der Waals surface area (Å²) in [4.78, 5) is 0. The second-order valence-electron chi connectivity index (χ2n) is 4.13. The lowest BCUT2D eigenvalue weighted by molar-refractivity contribution is 0.387. The first-order valence-electron chi connectivity index (χ1n) is 5.85. The van der Waals surface area contributed by atoms with Gasteiger partial charge in [-0.15, -0.1) is 0 Å². The average Bonchev–Trinajstić information content (AvgIpc) is 2.42. The van der Waals surface area contributed by atoms with Crippen molar-refractivity contribution in [3.63, 3.8) is 0 Å². The van der Waals surface area contributed by atoms with Crippen LogP contribution in [0.1, 0.15) is 18.5 Å². The van der Waals surface area contributed by atoms with Gasteiger partial charge in [-0.1, -0.05) is 30.3 Å². The van der Waals surface area contributed by atoms with Crippen LogP contribution < -0.4 is 10.1 Å². The monoisotopic (exact) mass is 245 g/mol. The Hall–Kier alpha value is -2.03. The number of halogens is 1. The van der Waals surface area contributed by atoms with Gasteiger partial charge in [-0.2, -0.15) is 0 Å². The summed E-state index contributed by atoms with van der Waals surface area (Å²) >= 11 is 0. The van der Waals surface area contributed by atoms with Gasteiger partial charge >= 0.3 is 0 Å². The second kappa shape index (κ2) is 5.54. The molecule has 1 atom stereocenters. The van der Waals surface area contributed by atoms with Gasteiger partial charge in [0.15, 0.2) is 11.6 Å². The van der Waals surface area contributed by atoms with E-state index in [0.717, 1.165) is 5.69 Å². The molecule has 94 valence electrons. The van der Waals surface area contributed by atoms with Crippen molar-refractivity contribution in [2.45, 2.75) is 13.0 Å². The van der Waals surface area contributed by atoms with Gasteiger partial charge in [-0.05, 0) is 24.6 Å². The molecular formula is C15H16FNO. The SMILES string of the molecule is COc1cc(NC(C)c2ccccc2)ccc1F. The van der Waals surface area contributed by atoms with E-state index in [1.165, 1.54) is 18.7 Å². The fourth-order valence-corrected chi connectivity index (χ4v) is 1.82. The van der Waals surface area contributed by atoms with Crippen molar-refractivity contribution in [1.29, 1.82) is 0 Å². The summed E-state index contributed by atoms with van der Waals surface area (Å²) < 4.78 is 18.2. The van der Waals surface area contributed by atoms with Gasteiger partial charge in [0.1, 0.15) is 0 Å². The van der Waals surface area contributed by atoms with E-state index in [9.17, 15) is 4.39 Å². The van der Waals surface area contributed by atoms with Crippen molar-refractivity contribution in [3.05, 3.63) is 59.9 Å². The first-order chi connectivity index (χ1) is 8.70. The number of ether oxygens (including phenoxy) is 1. The van der Waals surface area contributed by atoms with E-state index in [0.29, 0.717) is 0 Å². The highest BCUT2D eigenvalue weighted by molar-refractivity contribution is 5.50. The molecule has 0 aliphatic rings. The summed E-state index contributed by atoms with van der Waals surface area (Å²) in [6, 6.07) is 15.0. The maximum atomic E-state index is 13.3. The predicted molar refractivity (Wildman–Crippen MR) is 71.4 cm³/mol. The number of nitrogens with one attached hydrogen (secondary N) is 1. The molecule has 2 aromatic rings. The zero-order valence-corrected chi connectivity index (χ0v) is 10.5. The Balaban J connectivity index is 2.14. The molecule has 1 unspecified atom stereocenters. The Morgan fingerprint density at radius 1 is 1.11 bits per heavy atom. The summed E-state index contributed by atoms with van der Waals surface area (Å²) in [5.74, 6) is -0.101. The lowest BCUT2D eigenvalue weighted by Gasteiger charge is -2.16. The number of benzene rings is 2. The van der Waals surface area contributed by atoms with E-state index in [4.69, 9.17) is 4.74 Å². The van der Waals surface area contributed by atoms with Crippen LogP contribution in [0.2, 0.25) is 0 Å². The third-order valence-electron chi connectivity index (χ3n) is 2.83. The minimum Gasteiger partial charge on any atom is -0.494 e. The third-order valence-corrected chi connectivity index (χ3v) is 2.83. The van der Waals surface area contributed by atoms with Crippen LogP contribution in [-0.4, -0.2) is 7.11 Å². The minimum absolute atomic E-state index is 0.154. The van der Waals surface area contributed by atoms with Gasteiger partial charge in [0.05, 0.1) is 7.11 Å². The first-order valence-corrected chi connectivity index (χ1v) is 5.85. The van der Waals surface area contributed by atoms with Crippen molar-refractivity contribution in [2.75, 3.05) is 12.4 Å². The zero-order valence-electron chi connectivity index (χ0n) is 10.5. The van der Waals surface area contributed by atoms with Crippen LogP contribution in [0.15, 0.2) is 48.5 Å². The topological polar surface area (TPSA) is 21.3 Å². The Morgan fingerprint density at radius 3 is 2.50 bits per heavy atom. The van der Waals surface area contributed by atoms with Gasteiger partial charge in [0.2, 0.25) is 0 Å². The molecule has 0 fully saturated rings. The Kier molecular flexibility index (Phi) is 3.82. The normalized spacial score (nSPS) is 11.9. The molecule has 2 nitrogen and oxygen atoms in total. The average molecular weight is 245 g/mol. The van der Waals surface area contributed by atoms with Crippen molar-refractivity contribution in [2.24, 2.45) is 0 Å². The molecule has 0 aliphatic carbocycles. The molecule has 18 heavy (non-hydrogen) atoms. The van der Waals surface area contributed by atoms with Crippen molar-refractivity contribution < 1.29 is 9.13 Å². The molecular weight excluding hydrogens is 229 g/mol. The lowest BCUT2D eigenvalue weighted by Crippen LogP contribution is -2.06. The summed E-state index contributed by atoms with van der Waals surface area (Å²) in [7, 11) is 1.46. The third kappa shape index (κ3) is 2.80. The molecule has 0 aromatic heterocycles. The molecule has 0 saturated carbocycles. The Morgan fingerprint density at radius 2 is 1.83 bits per heavy atom. The van der Waals surface area contributed by atoms with E-state index in [1.807, 2.05) is 18.2 Å². The van der Waals surface area contributed by atoms with E-state index in [1.54, 1.807) is 12.1 Å². The molecule has 3 heteroatoms. The minimum atomic E-state index is -0.351. The molecule has 1 N–H and O–H groups in total. The molecule has 2 aromatic carbocycles. The summed E-state index contributed by atoms with van der Waals surface area (Å²) in [5.41, 5.74) is 2.02. The molecule has 0 heterocycles. The van der Waals surface area contributed by atoms with Gasteiger partial charge < -0.3 is 10.1 Å². The zero-order chi connectivity index (χ0) is 13.0. The second-order valence-corrected chi connectivity index (χ2v) is 4.13. The molecule has 0 amide bonds. The number of hydrogen-bond acceptors (Lipinski definition) is 2. The number of rotatable bonds is 4. The maximum absolute atomic E-state index is 13.3. The van der Waals surface area contributed by atoms with Crippen LogP contribution >= 0.6 is 0 Å². The molecule has 0 radical (unpaired) electrons. The number of anilines is 1. The number of hydrogen-bond donors (Lipinski definition) is 1. The van der Waals surface area contributed by atoms with Crippen LogP contribution in [0.5, 0.6) is 5.75 Å². The molecule has 0 bridgehead atoms. The highest BCUT2D eigenvalue weighted by atomic mass is 19.1. The fourth-order valence-electron chi connectivity index (χ4n) is 1.82. The Bertz CT molecular complexity index is 513. The van der Waals surface area contributed by atoms with Crippen molar-refractivity contribution in [1.82, 2.24) is 0 Å². The van der Waals surface area contributed by atoms with Gasteiger partial charge in [-0.3, -0.25) is 0 Å². The fraction of sp³-hybridized carbons (Fsp3) is 0.200. The van der Waals surface area contributed by atoms with Gasteiger partial charge in [0, 0.05) is 17.8 Å². The van der Waals surface area contributed by atoms with Crippen molar-refractivity contribution in [3.8, 4) is 5.75 Å². The predicted octanol–water partition coefficient (Wildman–Crippen LogP) is 4.01. The molecule has 0 aliphatic heterocycles. The summed E-state index contributed by atoms with van der Waals surface area (Å²) in [6.07, 6.45) is 0. The van der Waals surface area contributed by atoms with Crippen LogP contribution in [0.25, 0.3) is 0 Å². The van der Waals surface area contributed by atoms with E-state index >= 15 is 0 Å². The lowest BCUT2D eigenvalue weighted by atomic mass is 10.1. The maximum Gasteiger partial charge on any atom is 0.165 e. The Labute approximate surface area is 106 Å². The molecule has 0 saturated heterocycles. The van der Waals surface area contributed by atoms with Crippen LogP contribution in [-0.2, 0) is 0 Å². The van der Waals surface area contributed by atoms with Crippen LogP contribution in [0, 0.1) is 5.82 Å². The highest BCUT2D eigenvalue weighted by Crippen LogP contribution is 2.24. The standard InChI is InChI=1S/C15H16FNO/c1-11(12-6-4-3-5-7-12)17-13-8-9-14(16)15(10-13)18-2/h3-11,17H,1-2H3. The molecule has 0 spiro atoms. The highest BCUT2D eigenvalue weighted by Gasteiger charge is 2.07. The van der Waals surface area contributed by atoms with Gasteiger partial charge in [-0.25, -0.2) is 4.39 Å². The van der Waals surface area contributed by atoms with E-state index in [-0.39, 0.29) is 17.6 Å². The smallest absolute Gasteiger partial charge is 0.165 e. The quantitative estimate of drug-likeness (QED) is 0.878. The largest absolute Gasteiger partial charge is 0.494 e.